The summed E-state index contributed by atoms with van der Waals surface area (Å²) in [6, 6.07) is -0.634. The number of aliphatic hydroxyl groups is 2. The molecule has 0 spiro atoms. The molecule has 0 heterocycles. The Morgan fingerprint density at radius 3 is 0.922 bits per heavy atom. The number of hydrogen-bond donors (Lipinski definition) is 3. The predicted molar refractivity (Wildman–Crippen MR) is 338 cm³/mol. The molecule has 0 radical (unpaired) electrons. The zero-order valence-corrected chi connectivity index (χ0v) is 52.0. The average molecular weight is 1080 g/mol. The van der Waals surface area contributed by atoms with E-state index in [4.69, 9.17) is 4.74 Å². The first-order chi connectivity index (χ1) is 38.0. The molecule has 2 unspecified atom stereocenters. The maximum absolute atomic E-state index is 12.5. The summed E-state index contributed by atoms with van der Waals surface area (Å²) in [6.07, 6.45) is 85.0. The Balaban J connectivity index is 3.44. The Morgan fingerprint density at radius 1 is 0.351 bits per heavy atom. The van der Waals surface area contributed by atoms with Crippen LogP contribution < -0.4 is 5.32 Å². The number of nitrogens with one attached hydrogen (secondary N) is 1. The van der Waals surface area contributed by atoms with Crippen LogP contribution in [0.25, 0.3) is 0 Å². The van der Waals surface area contributed by atoms with Crippen LogP contribution in [0.15, 0.2) is 36.5 Å². The molecule has 0 aromatic carbocycles. The van der Waals surface area contributed by atoms with Crippen molar-refractivity contribution >= 4 is 11.9 Å². The van der Waals surface area contributed by atoms with E-state index in [2.05, 4.69) is 43.5 Å². The van der Waals surface area contributed by atoms with Crippen LogP contribution in [0.4, 0.5) is 0 Å². The third-order valence-electron chi connectivity index (χ3n) is 16.1. The van der Waals surface area contributed by atoms with Gasteiger partial charge >= 0.3 is 5.97 Å². The Hall–Kier alpha value is -1.92. The van der Waals surface area contributed by atoms with Gasteiger partial charge in [0, 0.05) is 12.8 Å². The van der Waals surface area contributed by atoms with Crippen LogP contribution in [0.5, 0.6) is 0 Å². The molecule has 454 valence electrons. The lowest BCUT2D eigenvalue weighted by Crippen LogP contribution is -2.45. The molecule has 77 heavy (non-hydrogen) atoms. The van der Waals surface area contributed by atoms with Crippen LogP contribution in [-0.2, 0) is 14.3 Å². The van der Waals surface area contributed by atoms with Crippen molar-refractivity contribution in [1.29, 1.82) is 0 Å². The second-order valence-corrected chi connectivity index (χ2v) is 23.9. The maximum Gasteiger partial charge on any atom is 0.305 e. The molecule has 0 aromatic heterocycles. The predicted octanol–water partition coefficient (Wildman–Crippen LogP) is 22.3. The highest BCUT2D eigenvalue weighted by atomic mass is 16.5. The SMILES string of the molecule is CCCCCCCC/C=C\CCCCCCCC(=O)OCCCCCCCCCCCCCC/C=C\CCCCCCCCCC(=O)NC(CO)C(O)/C=C/CCCCCCCCCCCCCCCCCCCCCC. The van der Waals surface area contributed by atoms with Gasteiger partial charge in [-0.3, -0.25) is 9.59 Å². The van der Waals surface area contributed by atoms with Gasteiger partial charge in [-0.2, -0.15) is 0 Å². The fourth-order valence-corrected chi connectivity index (χ4v) is 10.8. The normalized spacial score (nSPS) is 12.7. The molecule has 0 aromatic rings. The van der Waals surface area contributed by atoms with E-state index >= 15 is 0 Å². The van der Waals surface area contributed by atoms with Crippen LogP contribution in [0.3, 0.4) is 0 Å². The maximum atomic E-state index is 12.5. The number of unbranched alkanes of at least 4 members (excludes halogenated alkanes) is 50. The van der Waals surface area contributed by atoms with E-state index in [1.807, 2.05) is 6.08 Å². The summed E-state index contributed by atoms with van der Waals surface area (Å²) in [6.45, 7) is 4.92. The van der Waals surface area contributed by atoms with E-state index in [9.17, 15) is 19.8 Å². The second kappa shape index (κ2) is 66.6. The largest absolute Gasteiger partial charge is 0.466 e. The minimum Gasteiger partial charge on any atom is -0.466 e. The Labute approximate surface area is 481 Å². The quantitative estimate of drug-likeness (QED) is 0.0320. The topological polar surface area (TPSA) is 95.9 Å². The van der Waals surface area contributed by atoms with Gasteiger partial charge in [-0.05, 0) is 83.5 Å². The van der Waals surface area contributed by atoms with E-state index in [0.29, 0.717) is 19.4 Å². The molecule has 0 aliphatic rings. The third-order valence-corrected chi connectivity index (χ3v) is 16.1. The Bertz CT molecular complexity index is 1250. The van der Waals surface area contributed by atoms with Gasteiger partial charge in [-0.1, -0.05) is 320 Å². The van der Waals surface area contributed by atoms with Crippen molar-refractivity contribution < 1.29 is 24.5 Å². The Morgan fingerprint density at radius 2 is 0.610 bits per heavy atom. The molecular formula is C71H135NO5. The fourth-order valence-electron chi connectivity index (χ4n) is 10.8. The standard InChI is InChI=1S/C71H135NO5/c1-3-5-7-9-11-13-15-17-19-20-21-22-26-29-32-36-39-43-47-51-55-59-63-69(74)68(67-73)72-70(75)64-60-56-52-48-44-40-37-33-30-27-24-23-25-28-31-34-38-42-46-50-54-58-62-66-77-71(76)65-61-57-53-49-45-41-35-18-16-14-12-10-8-6-4-2/h18,27,30,35,59,63,68-69,73-74H,3-17,19-26,28-29,31-34,36-58,60-62,64-67H2,1-2H3,(H,72,75)/b30-27-,35-18-,63-59+. The number of hydrogen-bond acceptors (Lipinski definition) is 5. The van der Waals surface area contributed by atoms with Gasteiger partial charge < -0.3 is 20.3 Å². The number of rotatable bonds is 65. The van der Waals surface area contributed by atoms with E-state index in [1.165, 1.54) is 302 Å². The summed E-state index contributed by atoms with van der Waals surface area (Å²) in [7, 11) is 0. The number of carbonyl (C=O) groups excluding carboxylic acids is 2. The van der Waals surface area contributed by atoms with E-state index < -0.39 is 12.1 Å². The zero-order chi connectivity index (χ0) is 55.7. The van der Waals surface area contributed by atoms with E-state index in [1.54, 1.807) is 6.08 Å². The number of aliphatic hydroxyl groups excluding tert-OH is 2. The highest BCUT2D eigenvalue weighted by Crippen LogP contribution is 2.18. The molecule has 0 fully saturated rings. The zero-order valence-electron chi connectivity index (χ0n) is 52.0. The van der Waals surface area contributed by atoms with Crippen molar-refractivity contribution in [3.63, 3.8) is 0 Å². The first kappa shape index (κ1) is 75.1. The van der Waals surface area contributed by atoms with Crippen molar-refractivity contribution in [3.8, 4) is 0 Å². The summed E-state index contributed by atoms with van der Waals surface area (Å²) in [4.78, 5) is 24.6. The van der Waals surface area contributed by atoms with Gasteiger partial charge in [0.2, 0.25) is 5.91 Å². The van der Waals surface area contributed by atoms with Gasteiger partial charge in [-0.15, -0.1) is 0 Å². The first-order valence-corrected chi connectivity index (χ1v) is 34.8. The molecule has 3 N–H and O–H groups in total. The minimum atomic E-state index is -0.850. The third kappa shape index (κ3) is 63.1. The highest BCUT2D eigenvalue weighted by Gasteiger charge is 2.18. The lowest BCUT2D eigenvalue weighted by molar-refractivity contribution is -0.143. The molecule has 0 bridgehead atoms. The smallest absolute Gasteiger partial charge is 0.305 e. The van der Waals surface area contributed by atoms with E-state index in [-0.39, 0.29) is 18.5 Å². The van der Waals surface area contributed by atoms with E-state index in [0.717, 1.165) is 51.4 Å². The number of carbonyl (C=O) groups is 2. The van der Waals surface area contributed by atoms with Crippen molar-refractivity contribution in [3.05, 3.63) is 36.5 Å². The fraction of sp³-hybridized carbons (Fsp3) is 0.887. The molecule has 6 heteroatoms. The van der Waals surface area contributed by atoms with Crippen molar-refractivity contribution in [1.82, 2.24) is 5.32 Å². The lowest BCUT2D eigenvalue weighted by atomic mass is 10.0. The Kier molecular flexibility index (Phi) is 64.9. The molecule has 0 aliphatic carbocycles. The van der Waals surface area contributed by atoms with Crippen LogP contribution in [0, 0.1) is 0 Å². The summed E-state index contributed by atoms with van der Waals surface area (Å²) in [5.41, 5.74) is 0. The van der Waals surface area contributed by atoms with Gasteiger partial charge in [0.1, 0.15) is 0 Å². The molecule has 0 saturated carbocycles. The second-order valence-electron chi connectivity index (χ2n) is 23.9. The van der Waals surface area contributed by atoms with Crippen LogP contribution in [-0.4, -0.2) is 47.4 Å². The minimum absolute atomic E-state index is 0.00352. The molecule has 1 amide bonds. The molecule has 2 atom stereocenters. The molecule has 0 aliphatic heterocycles. The van der Waals surface area contributed by atoms with Crippen molar-refractivity contribution in [2.45, 2.75) is 392 Å². The summed E-state index contributed by atoms with van der Waals surface area (Å²) in [5, 5.41) is 23.2. The molecule has 6 nitrogen and oxygen atoms in total. The number of esters is 1. The number of ether oxygens (including phenoxy) is 1. The summed E-state index contributed by atoms with van der Waals surface area (Å²) < 4.78 is 5.49. The number of allylic oxidation sites excluding steroid dienone is 5. The monoisotopic (exact) mass is 1080 g/mol. The van der Waals surface area contributed by atoms with Crippen molar-refractivity contribution in [2.75, 3.05) is 13.2 Å². The lowest BCUT2D eigenvalue weighted by Gasteiger charge is -2.20. The van der Waals surface area contributed by atoms with Crippen LogP contribution in [0.1, 0.15) is 380 Å². The average Bonchev–Trinajstić information content (AvgIpc) is 3.43. The molecular weight excluding hydrogens is 947 g/mol. The van der Waals surface area contributed by atoms with Crippen LogP contribution in [0.2, 0.25) is 0 Å². The van der Waals surface area contributed by atoms with Crippen molar-refractivity contribution in [2.24, 2.45) is 0 Å². The first-order valence-electron chi connectivity index (χ1n) is 34.8. The molecule has 0 rings (SSSR count). The van der Waals surface area contributed by atoms with Gasteiger partial charge in [0.05, 0.1) is 25.4 Å². The summed E-state index contributed by atoms with van der Waals surface area (Å²) in [5.74, 6) is -0.0674. The van der Waals surface area contributed by atoms with Gasteiger partial charge in [0.15, 0.2) is 0 Å². The molecule has 0 saturated heterocycles. The highest BCUT2D eigenvalue weighted by molar-refractivity contribution is 5.76. The number of amides is 1. The summed E-state index contributed by atoms with van der Waals surface area (Å²) >= 11 is 0. The van der Waals surface area contributed by atoms with Gasteiger partial charge in [0.25, 0.3) is 0 Å². The van der Waals surface area contributed by atoms with Gasteiger partial charge in [-0.25, -0.2) is 0 Å². The van der Waals surface area contributed by atoms with Crippen LogP contribution >= 0.6 is 0 Å².